The molecule has 0 saturated heterocycles. The summed E-state index contributed by atoms with van der Waals surface area (Å²) in [5.74, 6) is -0.771. The molecule has 0 aromatic heterocycles. The number of rotatable bonds is 3. The second-order valence-electron chi connectivity index (χ2n) is 4.78. The van der Waals surface area contributed by atoms with Crippen molar-refractivity contribution in [1.29, 1.82) is 0 Å². The maximum atomic E-state index is 13.5. The van der Waals surface area contributed by atoms with E-state index in [4.69, 9.17) is 0 Å². The molecule has 0 saturated carbocycles. The summed E-state index contributed by atoms with van der Waals surface area (Å²) in [7, 11) is 0. The Morgan fingerprint density at radius 2 is 2.00 bits per heavy atom. The van der Waals surface area contributed by atoms with Crippen LogP contribution in [0.3, 0.4) is 0 Å². The fraction of sp³-hybridized carbons (Fsp3) is 0.462. The van der Waals surface area contributed by atoms with E-state index >= 15 is 0 Å². The molecule has 1 aromatic rings. The topological polar surface area (TPSA) is 41.1 Å². The largest absolute Gasteiger partial charge is 0.415 e. The highest BCUT2D eigenvalue weighted by Gasteiger charge is 2.59. The van der Waals surface area contributed by atoms with Gasteiger partial charge >= 0.3 is 12.2 Å². The van der Waals surface area contributed by atoms with Crippen molar-refractivity contribution >= 4 is 11.7 Å². The number of benzene rings is 1. The van der Waals surface area contributed by atoms with Crippen molar-refractivity contribution in [2.75, 3.05) is 5.32 Å². The number of fused-ring (bicyclic) bond motifs is 1. The monoisotopic (exact) mass is 290 g/mol. The maximum Gasteiger partial charge on any atom is 0.415 e. The van der Waals surface area contributed by atoms with Crippen molar-refractivity contribution in [3.05, 3.63) is 29.6 Å². The lowest BCUT2D eigenvalue weighted by Gasteiger charge is -2.41. The molecule has 7 heteroatoms. The number of alkyl halides is 3. The number of hydrogen-bond acceptors (Lipinski definition) is 1. The average Bonchev–Trinajstić information content (AvgIpc) is 2.35. The quantitative estimate of drug-likeness (QED) is 0.814. The number of halogens is 4. The van der Waals surface area contributed by atoms with E-state index in [0.29, 0.717) is 6.42 Å². The summed E-state index contributed by atoms with van der Waals surface area (Å²) in [5.41, 5.74) is -2.83. The molecular formula is C13H14F4N2O. The van der Waals surface area contributed by atoms with Gasteiger partial charge in [-0.05, 0) is 24.6 Å². The fourth-order valence-electron chi connectivity index (χ4n) is 2.40. The molecule has 1 atom stereocenters. The minimum absolute atomic E-state index is 0.0106. The molecule has 1 heterocycles. The standard InChI is InChI=1S/C13H14F4N2O/c1-2-3-6-12(13(15,16)17)9-7-8(14)4-5-10(9)18-11(20)19-12/h4-5,7H,2-3,6H2,1H3,(H2,18,19,20). The summed E-state index contributed by atoms with van der Waals surface area (Å²) >= 11 is 0. The summed E-state index contributed by atoms with van der Waals surface area (Å²) in [6.45, 7) is 1.75. The molecule has 1 aromatic carbocycles. The van der Waals surface area contributed by atoms with Crippen molar-refractivity contribution in [3.8, 4) is 0 Å². The average molecular weight is 290 g/mol. The number of carbonyl (C=O) groups is 1. The molecule has 110 valence electrons. The first-order valence-electron chi connectivity index (χ1n) is 6.26. The number of hydrogen-bond donors (Lipinski definition) is 2. The lowest BCUT2D eigenvalue weighted by molar-refractivity contribution is -0.200. The highest BCUT2D eigenvalue weighted by atomic mass is 19.4. The van der Waals surface area contributed by atoms with E-state index < -0.39 is 23.6 Å². The molecule has 0 bridgehead atoms. The molecule has 1 unspecified atom stereocenters. The van der Waals surface area contributed by atoms with Crippen LogP contribution in [0.5, 0.6) is 0 Å². The van der Waals surface area contributed by atoms with Gasteiger partial charge in [-0.25, -0.2) is 9.18 Å². The predicted octanol–water partition coefficient (Wildman–Crippen LogP) is 3.91. The van der Waals surface area contributed by atoms with Crippen LogP contribution < -0.4 is 10.6 Å². The van der Waals surface area contributed by atoms with Crippen LogP contribution in [-0.4, -0.2) is 12.2 Å². The third kappa shape index (κ3) is 2.32. The molecule has 0 radical (unpaired) electrons. The summed E-state index contributed by atoms with van der Waals surface area (Å²) in [5, 5.41) is 4.22. The van der Waals surface area contributed by atoms with Gasteiger partial charge in [-0.3, -0.25) is 0 Å². The molecule has 2 amide bonds. The molecule has 2 rings (SSSR count). The van der Waals surface area contributed by atoms with Crippen molar-refractivity contribution in [2.45, 2.75) is 37.9 Å². The van der Waals surface area contributed by atoms with Gasteiger partial charge in [-0.2, -0.15) is 13.2 Å². The Morgan fingerprint density at radius 3 is 2.60 bits per heavy atom. The molecule has 3 nitrogen and oxygen atoms in total. The zero-order valence-corrected chi connectivity index (χ0v) is 10.8. The zero-order chi connectivity index (χ0) is 15.0. The summed E-state index contributed by atoms with van der Waals surface area (Å²) < 4.78 is 54.0. The molecule has 1 aliphatic rings. The van der Waals surface area contributed by atoms with Crippen molar-refractivity contribution in [1.82, 2.24) is 5.32 Å². The minimum Gasteiger partial charge on any atom is -0.320 e. The zero-order valence-electron chi connectivity index (χ0n) is 10.8. The number of amides is 2. The molecule has 0 aliphatic carbocycles. The maximum absolute atomic E-state index is 13.5. The Morgan fingerprint density at radius 1 is 1.30 bits per heavy atom. The molecule has 1 aliphatic heterocycles. The molecule has 0 fully saturated rings. The first kappa shape index (κ1) is 14.6. The van der Waals surface area contributed by atoms with E-state index in [1.165, 1.54) is 0 Å². The molecular weight excluding hydrogens is 276 g/mol. The number of anilines is 1. The Balaban J connectivity index is 2.61. The van der Waals surface area contributed by atoms with E-state index in [1.54, 1.807) is 6.92 Å². The van der Waals surface area contributed by atoms with Gasteiger partial charge in [-0.15, -0.1) is 0 Å². The highest BCUT2D eigenvalue weighted by Crippen LogP contribution is 2.47. The van der Waals surface area contributed by atoms with Crippen LogP contribution >= 0.6 is 0 Å². The highest BCUT2D eigenvalue weighted by molar-refractivity contribution is 5.94. The SMILES string of the molecule is CCCCC1(C(F)(F)F)NC(=O)Nc2ccc(F)cc21. The van der Waals surface area contributed by atoms with Gasteiger partial charge in [0.25, 0.3) is 0 Å². The predicted molar refractivity (Wildman–Crippen MR) is 65.8 cm³/mol. The minimum atomic E-state index is -4.71. The summed E-state index contributed by atoms with van der Waals surface area (Å²) in [4.78, 5) is 11.5. The normalized spacial score (nSPS) is 21.9. The number of carbonyl (C=O) groups excluding carboxylic acids is 1. The van der Waals surface area contributed by atoms with Crippen LogP contribution in [0.2, 0.25) is 0 Å². The van der Waals surface area contributed by atoms with Crippen LogP contribution in [0.4, 0.5) is 28.0 Å². The van der Waals surface area contributed by atoms with E-state index in [2.05, 4.69) is 5.32 Å². The first-order chi connectivity index (χ1) is 9.30. The van der Waals surface area contributed by atoms with Gasteiger partial charge in [-0.1, -0.05) is 19.8 Å². The Bertz CT molecular complexity index is 530. The van der Waals surface area contributed by atoms with Gasteiger partial charge in [0.15, 0.2) is 5.54 Å². The first-order valence-corrected chi connectivity index (χ1v) is 6.26. The van der Waals surface area contributed by atoms with E-state index in [-0.39, 0.29) is 24.1 Å². The van der Waals surface area contributed by atoms with E-state index in [0.717, 1.165) is 18.2 Å². The summed E-state index contributed by atoms with van der Waals surface area (Å²) in [6.07, 6.45) is -4.24. The number of urea groups is 1. The van der Waals surface area contributed by atoms with Gasteiger partial charge < -0.3 is 10.6 Å². The van der Waals surface area contributed by atoms with Gasteiger partial charge in [0, 0.05) is 11.3 Å². The van der Waals surface area contributed by atoms with E-state index in [1.807, 2.05) is 5.32 Å². The van der Waals surface area contributed by atoms with Crippen molar-refractivity contribution < 1.29 is 22.4 Å². The molecule has 20 heavy (non-hydrogen) atoms. The summed E-state index contributed by atoms with van der Waals surface area (Å²) in [6, 6.07) is 2.06. The smallest absolute Gasteiger partial charge is 0.320 e. The fourth-order valence-corrected chi connectivity index (χ4v) is 2.40. The van der Waals surface area contributed by atoms with Gasteiger partial charge in [0.05, 0.1) is 0 Å². The Hall–Kier alpha value is -1.79. The van der Waals surface area contributed by atoms with Gasteiger partial charge in [0.1, 0.15) is 5.82 Å². The molecule has 2 N–H and O–H groups in total. The van der Waals surface area contributed by atoms with Crippen LogP contribution in [0.25, 0.3) is 0 Å². The Kier molecular flexibility index (Phi) is 3.62. The Labute approximate surface area is 113 Å². The van der Waals surface area contributed by atoms with Crippen LogP contribution in [0.1, 0.15) is 31.7 Å². The van der Waals surface area contributed by atoms with E-state index in [9.17, 15) is 22.4 Å². The molecule has 0 spiro atoms. The third-order valence-electron chi connectivity index (χ3n) is 3.41. The van der Waals surface area contributed by atoms with Crippen LogP contribution in [-0.2, 0) is 5.54 Å². The number of nitrogens with one attached hydrogen (secondary N) is 2. The van der Waals surface area contributed by atoms with Gasteiger partial charge in [0.2, 0.25) is 0 Å². The second-order valence-corrected chi connectivity index (χ2v) is 4.78. The lowest BCUT2D eigenvalue weighted by atomic mass is 9.82. The van der Waals surface area contributed by atoms with Crippen LogP contribution in [0.15, 0.2) is 18.2 Å². The second kappa shape index (κ2) is 4.96. The van der Waals surface area contributed by atoms with Crippen molar-refractivity contribution in [3.63, 3.8) is 0 Å². The van der Waals surface area contributed by atoms with Crippen LogP contribution in [0, 0.1) is 5.82 Å². The van der Waals surface area contributed by atoms with Crippen molar-refractivity contribution in [2.24, 2.45) is 0 Å². The lowest BCUT2D eigenvalue weighted by Crippen LogP contribution is -2.60. The third-order valence-corrected chi connectivity index (χ3v) is 3.41. The number of unbranched alkanes of at least 4 members (excludes halogenated alkanes) is 1.